The molecule has 0 spiro atoms. The summed E-state index contributed by atoms with van der Waals surface area (Å²) in [5.41, 5.74) is 2.51. The first-order valence-corrected chi connectivity index (χ1v) is 8.18. The molecule has 0 heterocycles. The molecule has 0 N–H and O–H groups in total. The van der Waals surface area contributed by atoms with Crippen molar-refractivity contribution in [3.63, 3.8) is 0 Å². The molecule has 2 nitrogen and oxygen atoms in total. The molecule has 0 aliphatic rings. The first-order valence-electron chi connectivity index (χ1n) is 7.06. The highest BCUT2D eigenvalue weighted by atomic mass is 79.9. The minimum atomic E-state index is 0.272. The van der Waals surface area contributed by atoms with Crippen LogP contribution in [0.15, 0.2) is 24.3 Å². The van der Waals surface area contributed by atoms with Gasteiger partial charge in [0.2, 0.25) is 5.91 Å². The van der Waals surface area contributed by atoms with Crippen LogP contribution in [-0.2, 0) is 11.2 Å². The summed E-state index contributed by atoms with van der Waals surface area (Å²) in [4.78, 5) is 14.2. The number of hydrogen-bond donors (Lipinski definition) is 0. The second-order valence-electron chi connectivity index (χ2n) is 4.91. The van der Waals surface area contributed by atoms with Crippen LogP contribution in [0.4, 0.5) is 0 Å². The van der Waals surface area contributed by atoms with E-state index in [0.29, 0.717) is 6.42 Å². The smallest absolute Gasteiger partial charge is 0.222 e. The van der Waals surface area contributed by atoms with Gasteiger partial charge in [0, 0.05) is 24.8 Å². The number of carbonyl (C=O) groups is 1. The fourth-order valence-corrected chi connectivity index (χ4v) is 2.40. The third-order valence-corrected chi connectivity index (χ3v) is 3.59. The zero-order chi connectivity index (χ0) is 14.1. The molecule has 106 valence electrons. The van der Waals surface area contributed by atoms with Gasteiger partial charge in [-0.3, -0.25) is 4.79 Å². The maximum Gasteiger partial charge on any atom is 0.222 e. The highest BCUT2D eigenvalue weighted by Gasteiger charge is 2.11. The molecule has 0 atom stereocenters. The maximum absolute atomic E-state index is 12.2. The second-order valence-corrected chi connectivity index (χ2v) is 5.70. The van der Waals surface area contributed by atoms with E-state index in [1.807, 2.05) is 4.90 Å². The Morgan fingerprint density at radius 2 is 1.89 bits per heavy atom. The summed E-state index contributed by atoms with van der Waals surface area (Å²) in [7, 11) is 0. The average Bonchev–Trinajstić information content (AvgIpc) is 2.42. The number of aryl methyl sites for hydroxylation is 2. The molecule has 3 heteroatoms. The van der Waals surface area contributed by atoms with Gasteiger partial charge in [0.15, 0.2) is 0 Å². The molecule has 0 saturated heterocycles. The van der Waals surface area contributed by atoms with E-state index in [4.69, 9.17) is 0 Å². The summed E-state index contributed by atoms with van der Waals surface area (Å²) in [5.74, 6) is 0.272. The molecule has 0 unspecified atom stereocenters. The molecule has 0 saturated carbocycles. The molecular formula is C16H24BrNO. The van der Waals surface area contributed by atoms with Crippen LogP contribution in [0, 0.1) is 6.92 Å². The average molecular weight is 326 g/mol. The Balaban J connectivity index is 2.44. The molecule has 1 aromatic rings. The Morgan fingerprint density at radius 1 is 1.21 bits per heavy atom. The summed E-state index contributed by atoms with van der Waals surface area (Å²) < 4.78 is 0. The Labute approximate surface area is 125 Å². The van der Waals surface area contributed by atoms with E-state index in [1.54, 1.807) is 0 Å². The molecule has 0 aliphatic carbocycles. The van der Waals surface area contributed by atoms with Crippen molar-refractivity contribution in [2.75, 3.05) is 18.4 Å². The molecule has 1 amide bonds. The Bertz CT molecular complexity index is 375. The zero-order valence-electron chi connectivity index (χ0n) is 12.0. The predicted octanol–water partition coefficient (Wildman–Crippen LogP) is 3.95. The Kier molecular flexibility index (Phi) is 7.80. The molecule has 0 aliphatic heterocycles. The van der Waals surface area contributed by atoms with Crippen LogP contribution in [0.3, 0.4) is 0 Å². The van der Waals surface area contributed by atoms with Gasteiger partial charge in [0.05, 0.1) is 0 Å². The lowest BCUT2D eigenvalue weighted by Crippen LogP contribution is -2.33. The van der Waals surface area contributed by atoms with E-state index in [2.05, 4.69) is 54.0 Å². The van der Waals surface area contributed by atoms with Gasteiger partial charge < -0.3 is 4.90 Å². The van der Waals surface area contributed by atoms with Crippen molar-refractivity contribution < 1.29 is 4.79 Å². The van der Waals surface area contributed by atoms with Crippen molar-refractivity contribution in [2.45, 2.75) is 39.5 Å². The second kappa shape index (κ2) is 9.13. The van der Waals surface area contributed by atoms with E-state index < -0.39 is 0 Å². The quantitative estimate of drug-likeness (QED) is 0.663. The van der Waals surface area contributed by atoms with Gasteiger partial charge in [-0.25, -0.2) is 0 Å². The number of amides is 1. The highest BCUT2D eigenvalue weighted by molar-refractivity contribution is 9.09. The first kappa shape index (κ1) is 16.2. The van der Waals surface area contributed by atoms with Crippen molar-refractivity contribution in [3.05, 3.63) is 35.4 Å². The van der Waals surface area contributed by atoms with Crippen LogP contribution in [0.1, 0.15) is 37.3 Å². The Hall–Kier alpha value is -0.830. The highest BCUT2D eigenvalue weighted by Crippen LogP contribution is 2.08. The number of nitrogens with zero attached hydrogens (tertiary/aromatic N) is 1. The largest absolute Gasteiger partial charge is 0.342 e. The molecule has 1 rings (SSSR count). The van der Waals surface area contributed by atoms with Crippen molar-refractivity contribution >= 4 is 21.8 Å². The number of benzene rings is 1. The van der Waals surface area contributed by atoms with Gasteiger partial charge in [-0.1, -0.05) is 59.1 Å². The fraction of sp³-hybridized carbons (Fsp3) is 0.562. The SMILES string of the molecule is CCCCN(CCBr)C(=O)CCc1ccc(C)cc1. The van der Waals surface area contributed by atoms with Gasteiger partial charge >= 0.3 is 0 Å². The molecule has 0 aromatic heterocycles. The normalized spacial score (nSPS) is 10.5. The molecule has 0 bridgehead atoms. The number of unbranched alkanes of at least 4 members (excludes halogenated alkanes) is 1. The molecule has 0 fully saturated rings. The van der Waals surface area contributed by atoms with Gasteiger partial charge in [-0.2, -0.15) is 0 Å². The summed E-state index contributed by atoms with van der Waals surface area (Å²) >= 11 is 3.42. The van der Waals surface area contributed by atoms with Crippen LogP contribution >= 0.6 is 15.9 Å². The monoisotopic (exact) mass is 325 g/mol. The van der Waals surface area contributed by atoms with E-state index in [-0.39, 0.29) is 5.91 Å². The number of carbonyl (C=O) groups excluding carboxylic acids is 1. The third-order valence-electron chi connectivity index (χ3n) is 3.24. The molecule has 1 aromatic carbocycles. The fourth-order valence-electron chi connectivity index (χ4n) is 1.98. The van der Waals surface area contributed by atoms with Crippen molar-refractivity contribution in [1.82, 2.24) is 4.90 Å². The van der Waals surface area contributed by atoms with Crippen LogP contribution in [0.5, 0.6) is 0 Å². The topological polar surface area (TPSA) is 20.3 Å². The van der Waals surface area contributed by atoms with E-state index in [0.717, 1.165) is 37.7 Å². The number of hydrogen-bond acceptors (Lipinski definition) is 1. The van der Waals surface area contributed by atoms with Gasteiger partial charge in [0.25, 0.3) is 0 Å². The zero-order valence-corrected chi connectivity index (χ0v) is 13.6. The summed E-state index contributed by atoms with van der Waals surface area (Å²) in [6.45, 7) is 5.93. The van der Waals surface area contributed by atoms with Crippen LogP contribution in [0.25, 0.3) is 0 Å². The maximum atomic E-state index is 12.2. The van der Waals surface area contributed by atoms with Gasteiger partial charge in [-0.15, -0.1) is 0 Å². The lowest BCUT2D eigenvalue weighted by Gasteiger charge is -2.21. The van der Waals surface area contributed by atoms with Crippen LogP contribution < -0.4 is 0 Å². The molecular weight excluding hydrogens is 302 g/mol. The van der Waals surface area contributed by atoms with Gasteiger partial charge in [-0.05, 0) is 25.3 Å². The molecule has 19 heavy (non-hydrogen) atoms. The third kappa shape index (κ3) is 6.24. The number of rotatable bonds is 8. The molecule has 0 radical (unpaired) electrons. The van der Waals surface area contributed by atoms with Crippen LogP contribution in [0.2, 0.25) is 0 Å². The Morgan fingerprint density at radius 3 is 2.47 bits per heavy atom. The first-order chi connectivity index (χ1) is 9.17. The van der Waals surface area contributed by atoms with E-state index >= 15 is 0 Å². The van der Waals surface area contributed by atoms with E-state index in [9.17, 15) is 4.79 Å². The predicted molar refractivity (Wildman–Crippen MR) is 84.8 cm³/mol. The minimum Gasteiger partial charge on any atom is -0.342 e. The summed E-state index contributed by atoms with van der Waals surface area (Å²) in [6.07, 6.45) is 3.66. The lowest BCUT2D eigenvalue weighted by molar-refractivity contribution is -0.131. The van der Waals surface area contributed by atoms with E-state index in [1.165, 1.54) is 11.1 Å². The standard InChI is InChI=1S/C16H24BrNO/c1-3-4-12-18(13-11-17)16(19)10-9-15-7-5-14(2)6-8-15/h5-8H,3-4,9-13H2,1-2H3. The van der Waals surface area contributed by atoms with Crippen molar-refractivity contribution in [2.24, 2.45) is 0 Å². The minimum absolute atomic E-state index is 0.272. The lowest BCUT2D eigenvalue weighted by atomic mass is 10.1. The van der Waals surface area contributed by atoms with Crippen molar-refractivity contribution in [1.29, 1.82) is 0 Å². The van der Waals surface area contributed by atoms with Gasteiger partial charge in [0.1, 0.15) is 0 Å². The van der Waals surface area contributed by atoms with Crippen molar-refractivity contribution in [3.8, 4) is 0 Å². The summed E-state index contributed by atoms with van der Waals surface area (Å²) in [5, 5.41) is 0.854. The number of alkyl halides is 1. The number of halogens is 1. The summed E-state index contributed by atoms with van der Waals surface area (Å²) in [6, 6.07) is 8.44. The van der Waals surface area contributed by atoms with Crippen LogP contribution in [-0.4, -0.2) is 29.2 Å².